The highest BCUT2D eigenvalue weighted by atomic mass is 16.5. The number of hydrogen-bond donors (Lipinski definition) is 2. The zero-order chi connectivity index (χ0) is 14.7. The van der Waals surface area contributed by atoms with E-state index >= 15 is 0 Å². The zero-order valence-electron chi connectivity index (χ0n) is 11.8. The van der Waals surface area contributed by atoms with Crippen LogP contribution in [0.15, 0.2) is 18.2 Å². The van der Waals surface area contributed by atoms with Crippen molar-refractivity contribution in [3.05, 3.63) is 23.8 Å². The molecule has 20 heavy (non-hydrogen) atoms. The molecule has 3 unspecified atom stereocenters. The number of carbonyl (C=O) groups is 1. The summed E-state index contributed by atoms with van der Waals surface area (Å²) >= 11 is 0. The first kappa shape index (κ1) is 14.6. The molecule has 1 aliphatic rings. The molecule has 1 heterocycles. The number of carboxylic acids is 1. The van der Waals surface area contributed by atoms with Gasteiger partial charge in [-0.1, -0.05) is 0 Å². The third-order valence-corrected chi connectivity index (χ3v) is 3.42. The lowest BCUT2D eigenvalue weighted by Crippen LogP contribution is -2.52. The molecule has 1 saturated heterocycles. The van der Waals surface area contributed by atoms with E-state index in [0.717, 1.165) is 5.56 Å². The number of carboxylic acid groups (broad SMARTS) is 1. The molecule has 0 aromatic heterocycles. The van der Waals surface area contributed by atoms with Crippen LogP contribution in [0.2, 0.25) is 0 Å². The number of benzene rings is 1. The first-order chi connectivity index (χ1) is 9.56. The summed E-state index contributed by atoms with van der Waals surface area (Å²) in [5.74, 6) is 0.490. The van der Waals surface area contributed by atoms with Crippen LogP contribution in [0.5, 0.6) is 11.5 Å². The van der Waals surface area contributed by atoms with Crippen molar-refractivity contribution in [2.75, 3.05) is 20.8 Å². The minimum Gasteiger partial charge on any atom is -0.497 e. The van der Waals surface area contributed by atoms with Gasteiger partial charge in [0.2, 0.25) is 0 Å². The van der Waals surface area contributed by atoms with Crippen LogP contribution in [-0.4, -0.2) is 44.0 Å². The number of nitrogens with one attached hydrogen (secondary N) is 1. The zero-order valence-corrected chi connectivity index (χ0v) is 11.8. The van der Waals surface area contributed by atoms with Gasteiger partial charge >= 0.3 is 5.97 Å². The standard InChI is InChI=1S/C14H19NO5/c1-8-13(14(16)17)15-7-12(20-8)10-6-9(18-2)4-5-11(10)19-3/h4-6,8,12-13,15H,7H2,1-3H3,(H,16,17). The van der Waals surface area contributed by atoms with Crippen molar-refractivity contribution in [3.8, 4) is 11.5 Å². The highest BCUT2D eigenvalue weighted by Crippen LogP contribution is 2.33. The van der Waals surface area contributed by atoms with Crippen LogP contribution in [0.25, 0.3) is 0 Å². The molecule has 6 heteroatoms. The van der Waals surface area contributed by atoms with E-state index < -0.39 is 18.1 Å². The van der Waals surface area contributed by atoms with Crippen molar-refractivity contribution in [3.63, 3.8) is 0 Å². The Morgan fingerprint density at radius 1 is 1.40 bits per heavy atom. The van der Waals surface area contributed by atoms with Crippen molar-refractivity contribution in [2.24, 2.45) is 0 Å². The van der Waals surface area contributed by atoms with Gasteiger partial charge in [-0.15, -0.1) is 0 Å². The van der Waals surface area contributed by atoms with Gasteiger partial charge in [-0.3, -0.25) is 10.1 Å². The van der Waals surface area contributed by atoms with Gasteiger partial charge in [-0.25, -0.2) is 0 Å². The van der Waals surface area contributed by atoms with Gasteiger partial charge in [0.1, 0.15) is 17.5 Å². The maximum Gasteiger partial charge on any atom is 0.323 e. The van der Waals surface area contributed by atoms with E-state index in [9.17, 15) is 4.79 Å². The van der Waals surface area contributed by atoms with E-state index in [2.05, 4.69) is 5.32 Å². The van der Waals surface area contributed by atoms with Gasteiger partial charge in [0.25, 0.3) is 0 Å². The number of rotatable bonds is 4. The molecule has 1 fully saturated rings. The number of hydrogen-bond acceptors (Lipinski definition) is 5. The molecule has 1 aliphatic heterocycles. The van der Waals surface area contributed by atoms with Gasteiger partial charge in [0, 0.05) is 12.1 Å². The fraction of sp³-hybridized carbons (Fsp3) is 0.500. The molecule has 2 N–H and O–H groups in total. The Hall–Kier alpha value is -1.79. The summed E-state index contributed by atoms with van der Waals surface area (Å²) in [5.41, 5.74) is 0.843. The SMILES string of the molecule is COc1ccc(OC)c(C2CNC(C(=O)O)C(C)O2)c1. The van der Waals surface area contributed by atoms with Crippen molar-refractivity contribution >= 4 is 5.97 Å². The molecular weight excluding hydrogens is 262 g/mol. The summed E-state index contributed by atoms with van der Waals surface area (Å²) < 4.78 is 16.3. The van der Waals surface area contributed by atoms with E-state index in [0.29, 0.717) is 18.0 Å². The van der Waals surface area contributed by atoms with Crippen LogP contribution in [-0.2, 0) is 9.53 Å². The lowest BCUT2D eigenvalue weighted by atomic mass is 10.0. The van der Waals surface area contributed by atoms with E-state index in [-0.39, 0.29) is 6.10 Å². The highest BCUT2D eigenvalue weighted by molar-refractivity contribution is 5.74. The molecule has 0 saturated carbocycles. The average Bonchev–Trinajstić information content (AvgIpc) is 2.46. The van der Waals surface area contributed by atoms with Gasteiger partial charge in [-0.05, 0) is 25.1 Å². The summed E-state index contributed by atoms with van der Waals surface area (Å²) in [6.45, 7) is 2.15. The first-order valence-corrected chi connectivity index (χ1v) is 6.40. The highest BCUT2D eigenvalue weighted by Gasteiger charge is 2.34. The molecule has 0 spiro atoms. The van der Waals surface area contributed by atoms with E-state index in [1.54, 1.807) is 21.1 Å². The minimum absolute atomic E-state index is 0.273. The lowest BCUT2D eigenvalue weighted by molar-refractivity contribution is -0.149. The van der Waals surface area contributed by atoms with Gasteiger partial charge in [0.05, 0.1) is 26.4 Å². The van der Waals surface area contributed by atoms with Crippen molar-refractivity contribution in [2.45, 2.75) is 25.2 Å². The van der Waals surface area contributed by atoms with E-state index in [1.165, 1.54) is 0 Å². The third-order valence-electron chi connectivity index (χ3n) is 3.42. The van der Waals surface area contributed by atoms with Crippen LogP contribution in [0.1, 0.15) is 18.6 Å². The second kappa shape index (κ2) is 6.11. The van der Waals surface area contributed by atoms with Crippen LogP contribution in [0.4, 0.5) is 0 Å². The Morgan fingerprint density at radius 3 is 2.70 bits per heavy atom. The number of morpholine rings is 1. The second-order valence-corrected chi connectivity index (χ2v) is 4.66. The topological polar surface area (TPSA) is 77.0 Å². The normalized spacial score (nSPS) is 26.1. The molecule has 1 aromatic rings. The molecule has 110 valence electrons. The molecule has 6 nitrogen and oxygen atoms in total. The minimum atomic E-state index is -0.909. The van der Waals surface area contributed by atoms with Crippen molar-refractivity contribution in [1.29, 1.82) is 0 Å². The summed E-state index contributed by atoms with van der Waals surface area (Å²) in [4.78, 5) is 11.0. The monoisotopic (exact) mass is 281 g/mol. The number of ether oxygens (including phenoxy) is 3. The smallest absolute Gasteiger partial charge is 0.323 e. The summed E-state index contributed by atoms with van der Waals surface area (Å²) in [7, 11) is 3.18. The third kappa shape index (κ3) is 2.86. The quantitative estimate of drug-likeness (QED) is 0.863. The maximum absolute atomic E-state index is 11.0. The Bertz CT molecular complexity index is 490. The number of methoxy groups -OCH3 is 2. The molecule has 1 aromatic carbocycles. The molecule has 0 aliphatic carbocycles. The van der Waals surface area contributed by atoms with Crippen LogP contribution >= 0.6 is 0 Å². The molecule has 3 atom stereocenters. The predicted molar refractivity (Wildman–Crippen MR) is 72.3 cm³/mol. The predicted octanol–water partition coefficient (Wildman–Crippen LogP) is 1.21. The second-order valence-electron chi connectivity index (χ2n) is 4.66. The van der Waals surface area contributed by atoms with Crippen molar-refractivity contribution < 1.29 is 24.1 Å². The molecule has 0 amide bonds. The van der Waals surface area contributed by atoms with E-state index in [4.69, 9.17) is 19.3 Å². The Balaban J connectivity index is 2.22. The fourth-order valence-corrected chi connectivity index (χ4v) is 2.35. The van der Waals surface area contributed by atoms with E-state index in [1.807, 2.05) is 18.2 Å². The Labute approximate surface area is 117 Å². The summed E-state index contributed by atoms with van der Waals surface area (Å²) in [5, 5.41) is 12.0. The molecular formula is C14H19NO5. The van der Waals surface area contributed by atoms with Crippen LogP contribution < -0.4 is 14.8 Å². The first-order valence-electron chi connectivity index (χ1n) is 6.40. The molecule has 2 rings (SSSR count). The lowest BCUT2D eigenvalue weighted by Gasteiger charge is -2.34. The average molecular weight is 281 g/mol. The van der Waals surface area contributed by atoms with Gasteiger partial charge in [-0.2, -0.15) is 0 Å². The fourth-order valence-electron chi connectivity index (χ4n) is 2.35. The number of aliphatic carboxylic acids is 1. The summed E-state index contributed by atoms with van der Waals surface area (Å²) in [6, 6.07) is 4.77. The summed E-state index contributed by atoms with van der Waals surface area (Å²) in [6.07, 6.45) is -0.701. The largest absolute Gasteiger partial charge is 0.497 e. The Kier molecular flexibility index (Phi) is 4.46. The van der Waals surface area contributed by atoms with Gasteiger partial charge in [0.15, 0.2) is 0 Å². The molecule has 0 bridgehead atoms. The van der Waals surface area contributed by atoms with Crippen LogP contribution in [0.3, 0.4) is 0 Å². The van der Waals surface area contributed by atoms with Crippen molar-refractivity contribution in [1.82, 2.24) is 5.32 Å². The molecule has 0 radical (unpaired) electrons. The van der Waals surface area contributed by atoms with Crippen LogP contribution in [0, 0.1) is 0 Å². The maximum atomic E-state index is 11.0. The van der Waals surface area contributed by atoms with Gasteiger partial charge < -0.3 is 19.3 Å². The Morgan fingerprint density at radius 2 is 2.15 bits per heavy atom.